The van der Waals surface area contributed by atoms with E-state index in [4.69, 9.17) is 26.4 Å². The third kappa shape index (κ3) is 5.36. The minimum absolute atomic E-state index is 0.215. The minimum atomic E-state index is -0.215. The number of aromatic amines is 1. The second-order valence-corrected chi connectivity index (χ2v) is 7.44. The molecule has 0 aliphatic heterocycles. The number of hydrogen-bond donors (Lipinski definition) is 2. The number of anilines is 1. The first-order valence-corrected chi connectivity index (χ1v) is 11.6. The summed E-state index contributed by atoms with van der Waals surface area (Å²) < 4.78 is 0. The summed E-state index contributed by atoms with van der Waals surface area (Å²) in [5.41, 5.74) is 4.52. The second kappa shape index (κ2) is 11.9. The summed E-state index contributed by atoms with van der Waals surface area (Å²) in [6, 6.07) is 17.3. The van der Waals surface area contributed by atoms with Crippen LogP contribution in [0, 0.1) is 0 Å². The Morgan fingerprint density at radius 2 is 1.63 bits per heavy atom. The highest BCUT2D eigenvalue weighted by Crippen LogP contribution is 2.34. The Labute approximate surface area is 208 Å². The van der Waals surface area contributed by atoms with Crippen molar-refractivity contribution in [3.05, 3.63) is 82.2 Å². The Morgan fingerprint density at radius 3 is 2.31 bits per heavy atom. The monoisotopic (exact) mass is 487 g/mol. The van der Waals surface area contributed by atoms with E-state index in [1.807, 2.05) is 68.4 Å². The number of nitrogens with one attached hydrogen (secondary N) is 2. The molecule has 2 N–H and O–H groups in total. The summed E-state index contributed by atoms with van der Waals surface area (Å²) in [7, 11) is 1.69. The van der Waals surface area contributed by atoms with Crippen LogP contribution in [0.25, 0.3) is 44.6 Å². The molecule has 0 radical (unpaired) electrons. The Hall–Kier alpha value is -4.10. The van der Waals surface area contributed by atoms with Crippen molar-refractivity contribution in [3.63, 3.8) is 0 Å². The van der Waals surface area contributed by atoms with Gasteiger partial charge in [0.15, 0.2) is 11.2 Å². The first kappa shape index (κ1) is 25.5. The van der Waals surface area contributed by atoms with Crippen LogP contribution >= 0.6 is 11.6 Å². The molecule has 0 fully saturated rings. The van der Waals surface area contributed by atoms with Crippen molar-refractivity contribution < 1.29 is 4.79 Å². The molecule has 7 nitrogen and oxygen atoms in total. The van der Waals surface area contributed by atoms with Crippen LogP contribution in [0.4, 0.5) is 5.69 Å². The first-order valence-electron chi connectivity index (χ1n) is 11.2. The Kier molecular flexibility index (Phi) is 8.64. The Morgan fingerprint density at radius 1 is 0.943 bits per heavy atom. The first-order chi connectivity index (χ1) is 17.1. The average molecular weight is 488 g/mol. The molecule has 0 unspecified atom stereocenters. The van der Waals surface area contributed by atoms with E-state index in [0.29, 0.717) is 33.3 Å². The van der Waals surface area contributed by atoms with E-state index >= 15 is 0 Å². The number of aromatic nitrogens is 4. The number of hydrogen-bond acceptors (Lipinski definition) is 6. The van der Waals surface area contributed by atoms with Gasteiger partial charge in [0.05, 0.1) is 21.9 Å². The largest absolute Gasteiger partial charge is 0.384 e. The third-order valence-corrected chi connectivity index (χ3v) is 5.25. The standard InChI is InChI=1S/C23H16ClN5O.C2H4O.C2H6/c1-25-17-12-27-23-21(22(17)30)28-20(19(29-23)13-6-3-2-4-7-13)15-10-14-8-5-9-26-18(14)16(24)11-15;1-2-3;1-2/h2-12,25H,1H3,(H,27,29,30);2H,1H3;1-2H3. The molecule has 178 valence electrons. The number of fused-ring (bicyclic) bond motifs is 2. The number of benzene rings is 2. The van der Waals surface area contributed by atoms with Crippen LogP contribution in [0.3, 0.4) is 0 Å². The van der Waals surface area contributed by atoms with E-state index in [9.17, 15) is 4.79 Å². The fraction of sp³-hybridized carbons (Fsp3) is 0.148. The van der Waals surface area contributed by atoms with Crippen LogP contribution in [0.5, 0.6) is 0 Å². The predicted molar refractivity (Wildman–Crippen MR) is 144 cm³/mol. The summed E-state index contributed by atoms with van der Waals surface area (Å²) in [6.45, 7) is 5.44. The van der Waals surface area contributed by atoms with E-state index in [-0.39, 0.29) is 10.9 Å². The number of halogens is 1. The highest BCUT2D eigenvalue weighted by atomic mass is 35.5. The number of pyridine rings is 2. The molecule has 0 aliphatic carbocycles. The molecular weight excluding hydrogens is 462 g/mol. The number of rotatable bonds is 3. The Bertz CT molecular complexity index is 1520. The maximum absolute atomic E-state index is 12.8. The van der Waals surface area contributed by atoms with Gasteiger partial charge in [0.1, 0.15) is 12.0 Å². The maximum Gasteiger partial charge on any atom is 0.232 e. The van der Waals surface area contributed by atoms with E-state index in [0.717, 1.165) is 22.8 Å². The van der Waals surface area contributed by atoms with Crippen LogP contribution in [-0.2, 0) is 4.79 Å². The molecule has 0 saturated carbocycles. The molecular formula is C27H26ClN5O2. The van der Waals surface area contributed by atoms with Crippen molar-refractivity contribution in [2.45, 2.75) is 20.8 Å². The maximum atomic E-state index is 12.8. The van der Waals surface area contributed by atoms with Crippen molar-refractivity contribution in [1.29, 1.82) is 0 Å². The van der Waals surface area contributed by atoms with Crippen molar-refractivity contribution in [2.24, 2.45) is 0 Å². The molecule has 3 aromatic heterocycles. The van der Waals surface area contributed by atoms with E-state index in [2.05, 4.69) is 15.3 Å². The van der Waals surface area contributed by atoms with Gasteiger partial charge in [-0.25, -0.2) is 9.97 Å². The molecule has 0 saturated heterocycles. The predicted octanol–water partition coefficient (Wildman–Crippen LogP) is 6.13. The highest BCUT2D eigenvalue weighted by molar-refractivity contribution is 6.35. The van der Waals surface area contributed by atoms with Crippen molar-refractivity contribution in [3.8, 4) is 22.5 Å². The molecule has 0 aliphatic rings. The second-order valence-electron chi connectivity index (χ2n) is 7.03. The van der Waals surface area contributed by atoms with Crippen LogP contribution in [0.1, 0.15) is 20.8 Å². The van der Waals surface area contributed by atoms with Gasteiger partial charge in [0, 0.05) is 36.0 Å². The zero-order valence-corrected chi connectivity index (χ0v) is 20.7. The number of nitrogens with zero attached hydrogens (tertiary/aromatic N) is 3. The molecule has 0 spiro atoms. The van der Waals surface area contributed by atoms with Gasteiger partial charge in [-0.3, -0.25) is 9.78 Å². The van der Waals surface area contributed by atoms with E-state index in [1.165, 1.54) is 6.92 Å². The molecule has 35 heavy (non-hydrogen) atoms. The lowest BCUT2D eigenvalue weighted by molar-refractivity contribution is -0.106. The van der Waals surface area contributed by atoms with Gasteiger partial charge in [-0.05, 0) is 25.1 Å². The lowest BCUT2D eigenvalue weighted by Crippen LogP contribution is -2.12. The van der Waals surface area contributed by atoms with Crippen LogP contribution in [-0.4, -0.2) is 33.3 Å². The number of aldehydes is 1. The van der Waals surface area contributed by atoms with E-state index in [1.54, 1.807) is 19.4 Å². The third-order valence-electron chi connectivity index (χ3n) is 4.96. The fourth-order valence-electron chi connectivity index (χ4n) is 3.50. The highest BCUT2D eigenvalue weighted by Gasteiger charge is 2.17. The SMILES string of the molecule is CC.CC=O.CNc1c[nH]c2nc(-c3ccccc3)c(-c3cc(Cl)c4ncccc4c3)nc2c1=O. The van der Waals surface area contributed by atoms with Gasteiger partial charge in [0.2, 0.25) is 5.43 Å². The topological polar surface area (TPSA) is 101 Å². The van der Waals surface area contributed by atoms with Gasteiger partial charge < -0.3 is 15.1 Å². The molecule has 5 aromatic rings. The molecule has 3 heterocycles. The van der Waals surface area contributed by atoms with Crippen LogP contribution < -0.4 is 10.7 Å². The van der Waals surface area contributed by atoms with Crippen molar-refractivity contribution in [1.82, 2.24) is 19.9 Å². The van der Waals surface area contributed by atoms with Crippen molar-refractivity contribution in [2.75, 3.05) is 12.4 Å². The van der Waals surface area contributed by atoms with Gasteiger partial charge in [0.25, 0.3) is 0 Å². The van der Waals surface area contributed by atoms with Crippen LogP contribution in [0.15, 0.2) is 71.8 Å². The Balaban J connectivity index is 0.000000638. The quantitative estimate of drug-likeness (QED) is 0.297. The van der Waals surface area contributed by atoms with Gasteiger partial charge >= 0.3 is 0 Å². The molecule has 2 aromatic carbocycles. The van der Waals surface area contributed by atoms with Gasteiger partial charge in [-0.15, -0.1) is 0 Å². The van der Waals surface area contributed by atoms with Gasteiger partial charge in [-0.2, -0.15) is 0 Å². The molecule has 0 atom stereocenters. The van der Waals surface area contributed by atoms with Crippen LogP contribution in [0.2, 0.25) is 5.02 Å². The molecule has 0 amide bonds. The fourth-order valence-corrected chi connectivity index (χ4v) is 3.77. The zero-order valence-electron chi connectivity index (χ0n) is 20.0. The minimum Gasteiger partial charge on any atom is -0.384 e. The molecule has 8 heteroatoms. The average Bonchev–Trinajstić information content (AvgIpc) is 2.90. The lowest BCUT2D eigenvalue weighted by atomic mass is 10.0. The smallest absolute Gasteiger partial charge is 0.232 e. The lowest BCUT2D eigenvalue weighted by Gasteiger charge is -2.12. The zero-order chi connectivity index (χ0) is 25.4. The van der Waals surface area contributed by atoms with Crippen molar-refractivity contribution >= 4 is 45.6 Å². The van der Waals surface area contributed by atoms with Gasteiger partial charge in [-0.1, -0.05) is 61.8 Å². The van der Waals surface area contributed by atoms with E-state index < -0.39 is 0 Å². The molecule has 5 rings (SSSR count). The summed E-state index contributed by atoms with van der Waals surface area (Å²) in [5.74, 6) is 0. The summed E-state index contributed by atoms with van der Waals surface area (Å²) >= 11 is 6.52. The summed E-state index contributed by atoms with van der Waals surface area (Å²) in [6.07, 6.45) is 4.06. The number of carbonyl (C=O) groups is 1. The summed E-state index contributed by atoms with van der Waals surface area (Å²) in [4.78, 5) is 38.6. The summed E-state index contributed by atoms with van der Waals surface area (Å²) in [5, 5.41) is 4.29. The number of carbonyl (C=O) groups excluding carboxylic acids is 1. The number of H-pyrrole nitrogens is 1. The normalized spacial score (nSPS) is 10.1. The molecule has 0 bridgehead atoms.